The number of hydrogen-bond acceptors (Lipinski definition) is 7. The van der Waals surface area contributed by atoms with Crippen LogP contribution in [0, 0.1) is 6.92 Å². The number of nitrogens with one attached hydrogen (secondary N) is 1. The second-order valence-electron chi connectivity index (χ2n) is 3.80. The summed E-state index contributed by atoms with van der Waals surface area (Å²) in [5, 5.41) is 5.98. The maximum atomic E-state index is 11.6. The molecule has 102 valence electrons. The molecule has 0 bridgehead atoms. The summed E-state index contributed by atoms with van der Waals surface area (Å²) in [6.45, 7) is 4.77. The van der Waals surface area contributed by atoms with Gasteiger partial charge in [0.05, 0.1) is 17.8 Å². The summed E-state index contributed by atoms with van der Waals surface area (Å²) in [5.74, 6) is -0.358. The molecule has 0 saturated carbocycles. The van der Waals surface area contributed by atoms with E-state index in [1.54, 1.807) is 18.3 Å². The minimum Gasteiger partial charge on any atom is -0.461 e. The van der Waals surface area contributed by atoms with Crippen molar-refractivity contribution in [3.63, 3.8) is 0 Å². The third-order valence-corrected chi connectivity index (χ3v) is 3.97. The van der Waals surface area contributed by atoms with Crippen LogP contribution in [0.4, 0.5) is 5.13 Å². The van der Waals surface area contributed by atoms with E-state index in [0.717, 1.165) is 28.7 Å². The van der Waals surface area contributed by atoms with E-state index in [2.05, 4.69) is 15.3 Å². The molecule has 0 aromatic carbocycles. The molecule has 0 fully saturated rings. The highest BCUT2D eigenvalue weighted by atomic mass is 32.1. The first-order valence-corrected chi connectivity index (χ1v) is 7.72. The van der Waals surface area contributed by atoms with Crippen molar-refractivity contribution < 1.29 is 9.53 Å². The average molecular weight is 297 g/mol. The van der Waals surface area contributed by atoms with E-state index in [9.17, 15) is 4.79 Å². The van der Waals surface area contributed by atoms with Crippen LogP contribution in [0.1, 0.15) is 28.0 Å². The fraction of sp³-hybridized carbons (Fsp3) is 0.417. The molecule has 0 amide bonds. The predicted octanol–water partition coefficient (Wildman–Crippen LogP) is 2.74. The zero-order valence-corrected chi connectivity index (χ0v) is 12.4. The molecule has 0 saturated heterocycles. The normalized spacial score (nSPS) is 10.4. The van der Waals surface area contributed by atoms with Crippen LogP contribution in [-0.4, -0.2) is 29.1 Å². The molecular formula is C12H15N3O2S2. The average Bonchev–Trinajstić information content (AvgIpc) is 2.99. The van der Waals surface area contributed by atoms with E-state index in [4.69, 9.17) is 4.74 Å². The summed E-state index contributed by atoms with van der Waals surface area (Å²) >= 11 is 3.05. The number of carbonyl (C=O) groups excluding carboxylic acids is 1. The molecule has 5 nitrogen and oxygen atoms in total. The predicted molar refractivity (Wildman–Crippen MR) is 77.1 cm³/mol. The van der Waals surface area contributed by atoms with Gasteiger partial charge in [0.15, 0.2) is 10.8 Å². The molecule has 0 unspecified atom stereocenters. The molecule has 2 aromatic heterocycles. The summed E-state index contributed by atoms with van der Waals surface area (Å²) in [6, 6.07) is 0. The molecule has 0 aliphatic rings. The Morgan fingerprint density at radius 1 is 1.53 bits per heavy atom. The van der Waals surface area contributed by atoms with Gasteiger partial charge in [-0.3, -0.25) is 0 Å². The van der Waals surface area contributed by atoms with Crippen molar-refractivity contribution in [3.05, 3.63) is 27.2 Å². The second-order valence-corrected chi connectivity index (χ2v) is 5.72. The molecule has 0 aliphatic carbocycles. The quantitative estimate of drug-likeness (QED) is 0.831. The van der Waals surface area contributed by atoms with Crippen molar-refractivity contribution in [2.75, 3.05) is 18.5 Å². The second kappa shape index (κ2) is 6.63. The highest BCUT2D eigenvalue weighted by Gasteiger charge is 2.16. The lowest BCUT2D eigenvalue weighted by molar-refractivity contribution is 0.0519. The Bertz CT molecular complexity index is 537. The topological polar surface area (TPSA) is 64.1 Å². The van der Waals surface area contributed by atoms with Crippen LogP contribution in [0.25, 0.3) is 0 Å². The molecule has 7 heteroatoms. The number of ether oxygens (including phenoxy) is 1. The number of aryl methyl sites for hydroxylation is 1. The highest BCUT2D eigenvalue weighted by Crippen LogP contribution is 2.22. The van der Waals surface area contributed by atoms with Crippen molar-refractivity contribution in [3.8, 4) is 0 Å². The summed E-state index contributed by atoms with van der Waals surface area (Å²) in [5.41, 5.74) is 3.29. The van der Waals surface area contributed by atoms with Crippen LogP contribution in [0.2, 0.25) is 0 Å². The number of hydrogen-bond donors (Lipinski definition) is 1. The van der Waals surface area contributed by atoms with Crippen LogP contribution >= 0.6 is 22.7 Å². The van der Waals surface area contributed by atoms with Crippen molar-refractivity contribution in [1.29, 1.82) is 0 Å². The molecule has 1 N–H and O–H groups in total. The number of esters is 1. The summed E-state index contributed by atoms with van der Waals surface area (Å²) in [7, 11) is 0. The largest absolute Gasteiger partial charge is 0.461 e. The van der Waals surface area contributed by atoms with Gasteiger partial charge >= 0.3 is 5.97 Å². The van der Waals surface area contributed by atoms with Gasteiger partial charge < -0.3 is 10.1 Å². The maximum absolute atomic E-state index is 11.6. The summed E-state index contributed by atoms with van der Waals surface area (Å²) in [6.07, 6.45) is 0.844. The lowest BCUT2D eigenvalue weighted by Crippen LogP contribution is -2.08. The zero-order valence-electron chi connectivity index (χ0n) is 10.8. The Labute approximate surface area is 119 Å². The van der Waals surface area contributed by atoms with Gasteiger partial charge in [-0.1, -0.05) is 0 Å². The van der Waals surface area contributed by atoms with Gasteiger partial charge in [0.2, 0.25) is 0 Å². The lowest BCUT2D eigenvalue weighted by Gasteiger charge is -2.00. The van der Waals surface area contributed by atoms with E-state index in [0.29, 0.717) is 12.3 Å². The SMILES string of the molecule is CCOC(=O)c1nc(NCCc2cscn2)sc1C. The third-order valence-electron chi connectivity index (χ3n) is 2.41. The third kappa shape index (κ3) is 3.74. The van der Waals surface area contributed by atoms with E-state index in [1.807, 2.05) is 17.8 Å². The smallest absolute Gasteiger partial charge is 0.358 e. The zero-order chi connectivity index (χ0) is 13.7. The van der Waals surface area contributed by atoms with Gasteiger partial charge in [0.1, 0.15) is 0 Å². The van der Waals surface area contributed by atoms with E-state index in [-0.39, 0.29) is 5.97 Å². The number of rotatable bonds is 6. The van der Waals surface area contributed by atoms with Gasteiger partial charge in [0, 0.05) is 23.2 Å². The van der Waals surface area contributed by atoms with Crippen LogP contribution in [0.3, 0.4) is 0 Å². The molecule has 0 aliphatic heterocycles. The Morgan fingerprint density at radius 2 is 2.37 bits per heavy atom. The molecular weight excluding hydrogens is 282 g/mol. The number of anilines is 1. The maximum Gasteiger partial charge on any atom is 0.358 e. The van der Waals surface area contributed by atoms with Gasteiger partial charge in [-0.15, -0.1) is 22.7 Å². The van der Waals surface area contributed by atoms with Crippen molar-refractivity contribution in [2.24, 2.45) is 0 Å². The van der Waals surface area contributed by atoms with Gasteiger partial charge in [-0.05, 0) is 13.8 Å². The molecule has 0 spiro atoms. The first-order valence-electron chi connectivity index (χ1n) is 5.96. The van der Waals surface area contributed by atoms with Crippen molar-refractivity contribution in [2.45, 2.75) is 20.3 Å². The van der Waals surface area contributed by atoms with E-state index < -0.39 is 0 Å². The Kier molecular flexibility index (Phi) is 4.86. The minimum absolute atomic E-state index is 0.358. The van der Waals surface area contributed by atoms with Crippen molar-refractivity contribution >= 4 is 33.8 Å². The fourth-order valence-corrected chi connectivity index (χ4v) is 2.94. The number of nitrogens with zero attached hydrogens (tertiary/aromatic N) is 2. The molecule has 0 radical (unpaired) electrons. The molecule has 19 heavy (non-hydrogen) atoms. The number of thiazole rings is 2. The highest BCUT2D eigenvalue weighted by molar-refractivity contribution is 7.15. The summed E-state index contributed by atoms with van der Waals surface area (Å²) in [4.78, 5) is 21.0. The van der Waals surface area contributed by atoms with E-state index in [1.165, 1.54) is 11.3 Å². The van der Waals surface area contributed by atoms with E-state index >= 15 is 0 Å². The van der Waals surface area contributed by atoms with Crippen LogP contribution < -0.4 is 5.32 Å². The number of carbonyl (C=O) groups is 1. The first-order chi connectivity index (χ1) is 9.20. The molecule has 2 heterocycles. The Morgan fingerprint density at radius 3 is 3.05 bits per heavy atom. The number of aromatic nitrogens is 2. The summed E-state index contributed by atoms with van der Waals surface area (Å²) < 4.78 is 4.95. The van der Waals surface area contributed by atoms with Gasteiger partial charge in [-0.2, -0.15) is 0 Å². The van der Waals surface area contributed by atoms with Crippen LogP contribution in [-0.2, 0) is 11.2 Å². The minimum atomic E-state index is -0.358. The molecule has 0 atom stereocenters. The van der Waals surface area contributed by atoms with Gasteiger partial charge in [-0.25, -0.2) is 14.8 Å². The lowest BCUT2D eigenvalue weighted by atomic mass is 10.3. The molecule has 2 aromatic rings. The molecule has 2 rings (SSSR count). The van der Waals surface area contributed by atoms with Crippen LogP contribution in [0.15, 0.2) is 10.9 Å². The van der Waals surface area contributed by atoms with Gasteiger partial charge in [0.25, 0.3) is 0 Å². The van der Waals surface area contributed by atoms with Crippen LogP contribution in [0.5, 0.6) is 0 Å². The van der Waals surface area contributed by atoms with Crippen molar-refractivity contribution in [1.82, 2.24) is 9.97 Å². The Hall–Kier alpha value is -1.47. The fourth-order valence-electron chi connectivity index (χ4n) is 1.52. The Balaban J connectivity index is 1.90. The monoisotopic (exact) mass is 297 g/mol. The first kappa shape index (κ1) is 14.0. The standard InChI is InChI=1S/C12H15N3O2S2/c1-3-17-11(16)10-8(2)19-12(15-10)13-5-4-9-6-18-7-14-9/h6-7H,3-5H2,1-2H3,(H,13,15).